The van der Waals surface area contributed by atoms with Gasteiger partial charge in [-0.3, -0.25) is 4.40 Å². The summed E-state index contributed by atoms with van der Waals surface area (Å²) < 4.78 is 46.7. The largest absolute Gasteiger partial charge is 0.416 e. The number of benzene rings is 1. The molecule has 0 spiro atoms. The van der Waals surface area contributed by atoms with Crippen molar-refractivity contribution in [1.29, 1.82) is 0 Å². The number of imidazole rings is 1. The van der Waals surface area contributed by atoms with E-state index >= 15 is 0 Å². The molecule has 32 heavy (non-hydrogen) atoms. The van der Waals surface area contributed by atoms with Crippen LogP contribution < -0.4 is 5.32 Å². The average Bonchev–Trinajstić information content (AvgIpc) is 3.28. The minimum Gasteiger partial charge on any atom is -0.381 e. The Balaban J connectivity index is 1.56. The number of anilines is 1. The van der Waals surface area contributed by atoms with E-state index in [9.17, 15) is 13.2 Å². The molecule has 1 aliphatic rings. The minimum absolute atomic E-state index is 0.212. The molecular weight excluding hydrogens is 419 g/mol. The van der Waals surface area contributed by atoms with Crippen LogP contribution in [0, 0.1) is 6.92 Å². The number of pyridine rings is 1. The highest BCUT2D eigenvalue weighted by Crippen LogP contribution is 2.34. The van der Waals surface area contributed by atoms with Gasteiger partial charge in [0.2, 0.25) is 0 Å². The second-order valence-electron chi connectivity index (χ2n) is 8.02. The second-order valence-corrected chi connectivity index (χ2v) is 8.02. The molecule has 0 aliphatic carbocycles. The van der Waals surface area contributed by atoms with E-state index in [4.69, 9.17) is 4.74 Å². The normalized spacial score (nSPS) is 15.5. The Bertz CT molecular complexity index is 1280. The van der Waals surface area contributed by atoms with E-state index in [-0.39, 0.29) is 6.54 Å². The van der Waals surface area contributed by atoms with E-state index in [0.717, 1.165) is 41.6 Å². The van der Waals surface area contributed by atoms with Crippen LogP contribution in [0.5, 0.6) is 0 Å². The average molecular weight is 441 g/mol. The molecule has 0 atom stereocenters. The molecule has 1 aromatic carbocycles. The van der Waals surface area contributed by atoms with Crippen molar-refractivity contribution in [3.63, 3.8) is 0 Å². The van der Waals surface area contributed by atoms with Gasteiger partial charge in [0.15, 0.2) is 5.65 Å². The molecule has 1 aliphatic heterocycles. The lowest BCUT2D eigenvalue weighted by Gasteiger charge is -2.23. The van der Waals surface area contributed by atoms with Crippen LogP contribution in [0.2, 0.25) is 0 Å². The summed E-state index contributed by atoms with van der Waals surface area (Å²) in [6, 6.07) is 7.39. The third kappa shape index (κ3) is 3.88. The van der Waals surface area contributed by atoms with Gasteiger partial charge in [-0.25, -0.2) is 15.0 Å². The monoisotopic (exact) mass is 441 g/mol. The molecular formula is C23H22F3N5O. The zero-order valence-electron chi connectivity index (χ0n) is 17.5. The first-order valence-corrected chi connectivity index (χ1v) is 10.5. The SMILES string of the molecule is Cc1nc(NCc2cccc(C(F)(F)F)c2)c2cc(C3CCOCC3)c3nccn3c2n1. The highest BCUT2D eigenvalue weighted by molar-refractivity contribution is 5.90. The summed E-state index contributed by atoms with van der Waals surface area (Å²) in [6.07, 6.45) is 1.08. The number of alkyl halides is 3. The summed E-state index contributed by atoms with van der Waals surface area (Å²) in [6.45, 7) is 3.43. The molecule has 0 radical (unpaired) electrons. The summed E-state index contributed by atoms with van der Waals surface area (Å²) in [5.74, 6) is 1.47. The Morgan fingerprint density at radius 2 is 1.94 bits per heavy atom. The smallest absolute Gasteiger partial charge is 0.381 e. The van der Waals surface area contributed by atoms with Crippen molar-refractivity contribution in [2.24, 2.45) is 0 Å². The van der Waals surface area contributed by atoms with Gasteiger partial charge >= 0.3 is 6.18 Å². The standard InChI is InChI=1S/C23H22F3N5O/c1-14-29-20(28-13-15-3-2-4-17(11-15)23(24,25)26)19-12-18(16-5-9-32-10-6-16)21-27-7-8-31(21)22(19)30-14/h2-4,7-8,11-12,16H,5-6,9-10,13H2,1H3,(H,28,29,30). The van der Waals surface area contributed by atoms with Crippen molar-refractivity contribution in [3.05, 3.63) is 65.2 Å². The molecule has 0 bridgehead atoms. The quantitative estimate of drug-likeness (QED) is 0.477. The first kappa shape index (κ1) is 20.7. The number of halogens is 3. The van der Waals surface area contributed by atoms with Crippen LogP contribution in [0.4, 0.5) is 19.0 Å². The molecule has 1 fully saturated rings. The van der Waals surface area contributed by atoms with Crippen molar-refractivity contribution in [3.8, 4) is 0 Å². The maximum Gasteiger partial charge on any atom is 0.416 e. The lowest BCUT2D eigenvalue weighted by Crippen LogP contribution is -2.15. The lowest BCUT2D eigenvalue weighted by atomic mass is 9.92. The zero-order chi connectivity index (χ0) is 22.3. The van der Waals surface area contributed by atoms with Gasteiger partial charge in [0.1, 0.15) is 17.3 Å². The van der Waals surface area contributed by atoms with Crippen LogP contribution >= 0.6 is 0 Å². The third-order valence-electron chi connectivity index (χ3n) is 5.84. The number of nitrogens with one attached hydrogen (secondary N) is 1. The Morgan fingerprint density at radius 1 is 1.12 bits per heavy atom. The molecule has 0 saturated carbocycles. The van der Waals surface area contributed by atoms with Gasteiger partial charge in [-0.2, -0.15) is 13.2 Å². The van der Waals surface area contributed by atoms with Crippen LogP contribution in [0.25, 0.3) is 16.7 Å². The summed E-state index contributed by atoms with van der Waals surface area (Å²) in [7, 11) is 0. The lowest BCUT2D eigenvalue weighted by molar-refractivity contribution is -0.137. The van der Waals surface area contributed by atoms with E-state index in [0.29, 0.717) is 42.0 Å². The molecule has 6 nitrogen and oxygen atoms in total. The number of ether oxygens (including phenoxy) is 1. The first-order chi connectivity index (χ1) is 15.4. The van der Waals surface area contributed by atoms with E-state index in [1.54, 1.807) is 19.2 Å². The number of rotatable bonds is 4. The molecule has 166 valence electrons. The van der Waals surface area contributed by atoms with Gasteiger partial charge in [0, 0.05) is 32.2 Å². The molecule has 4 heterocycles. The van der Waals surface area contributed by atoms with Crippen LogP contribution in [-0.4, -0.2) is 32.6 Å². The predicted molar refractivity (Wildman–Crippen MR) is 115 cm³/mol. The molecule has 5 rings (SSSR count). The fourth-order valence-corrected chi connectivity index (χ4v) is 4.28. The van der Waals surface area contributed by atoms with Crippen molar-refractivity contribution in [2.75, 3.05) is 18.5 Å². The van der Waals surface area contributed by atoms with Crippen LogP contribution in [-0.2, 0) is 17.5 Å². The van der Waals surface area contributed by atoms with Gasteiger partial charge < -0.3 is 10.1 Å². The molecule has 0 unspecified atom stereocenters. The molecule has 1 N–H and O–H groups in total. The minimum atomic E-state index is -4.38. The van der Waals surface area contributed by atoms with Gasteiger partial charge in [-0.1, -0.05) is 12.1 Å². The fraction of sp³-hybridized carbons (Fsp3) is 0.348. The topological polar surface area (TPSA) is 64.3 Å². The second kappa shape index (κ2) is 8.05. The predicted octanol–water partition coefficient (Wildman–Crippen LogP) is 5.11. The maximum atomic E-state index is 13.1. The number of aryl methyl sites for hydroxylation is 1. The molecule has 4 aromatic rings. The summed E-state index contributed by atoms with van der Waals surface area (Å²) >= 11 is 0. The first-order valence-electron chi connectivity index (χ1n) is 10.5. The number of hydrogen-bond donors (Lipinski definition) is 1. The van der Waals surface area contributed by atoms with Crippen molar-refractivity contribution in [2.45, 2.75) is 38.4 Å². The highest BCUT2D eigenvalue weighted by Gasteiger charge is 2.30. The van der Waals surface area contributed by atoms with Crippen molar-refractivity contribution in [1.82, 2.24) is 19.4 Å². The summed E-state index contributed by atoms with van der Waals surface area (Å²) in [5, 5.41) is 4.05. The van der Waals surface area contributed by atoms with Gasteiger partial charge in [0.25, 0.3) is 0 Å². The maximum absolute atomic E-state index is 13.1. The van der Waals surface area contributed by atoms with Crippen LogP contribution in [0.1, 0.15) is 41.3 Å². The van der Waals surface area contributed by atoms with Crippen LogP contribution in [0.15, 0.2) is 42.7 Å². The summed E-state index contributed by atoms with van der Waals surface area (Å²) in [4.78, 5) is 13.7. The van der Waals surface area contributed by atoms with E-state index in [1.165, 1.54) is 6.07 Å². The molecule has 0 amide bonds. The molecule has 1 saturated heterocycles. The Morgan fingerprint density at radius 3 is 2.72 bits per heavy atom. The number of nitrogens with zero attached hydrogens (tertiary/aromatic N) is 4. The molecule has 3 aromatic heterocycles. The van der Waals surface area contributed by atoms with Gasteiger partial charge in [-0.05, 0) is 55.0 Å². The van der Waals surface area contributed by atoms with Gasteiger partial charge in [-0.15, -0.1) is 0 Å². The number of fused-ring (bicyclic) bond motifs is 3. The zero-order valence-corrected chi connectivity index (χ0v) is 17.5. The van der Waals surface area contributed by atoms with Crippen molar-refractivity contribution >= 4 is 22.5 Å². The van der Waals surface area contributed by atoms with Gasteiger partial charge in [0.05, 0.1) is 10.9 Å². The van der Waals surface area contributed by atoms with E-state index in [1.807, 2.05) is 10.6 Å². The van der Waals surface area contributed by atoms with Crippen molar-refractivity contribution < 1.29 is 17.9 Å². The number of aromatic nitrogens is 4. The third-order valence-corrected chi connectivity index (χ3v) is 5.84. The highest BCUT2D eigenvalue weighted by atomic mass is 19.4. The van der Waals surface area contributed by atoms with E-state index < -0.39 is 11.7 Å². The Hall–Kier alpha value is -3.20. The Labute approximate surface area is 182 Å². The van der Waals surface area contributed by atoms with Crippen LogP contribution in [0.3, 0.4) is 0 Å². The summed E-state index contributed by atoms with van der Waals surface area (Å²) in [5.41, 5.74) is 2.55. The Kier molecular flexibility index (Phi) is 5.21. The fourth-order valence-electron chi connectivity index (χ4n) is 4.28. The number of hydrogen-bond acceptors (Lipinski definition) is 5. The molecule has 9 heteroatoms. The van der Waals surface area contributed by atoms with E-state index in [2.05, 4.69) is 26.3 Å².